The molecule has 3 fully saturated rings. The number of carbonyl (C=O) groups is 7. The number of piperidine rings is 1. The number of anilines is 3. The SMILES string of the molecule is O=C1CCC(N2C(=O)c3cccc(NCCCOCCCCOCCCNC(=O)c4ccc(NC(=O)[C@@H]5NC6(CCCCC6)[C@@]6(C(=O)Nc7cc(Cl)ccc76)[C@H]5c5cccc(Cl)c5F)cc4)c3C2=O)C(=O)N1. The van der Waals surface area contributed by atoms with Crippen molar-refractivity contribution in [3.05, 3.63) is 123 Å². The fourth-order valence-corrected chi connectivity index (χ4v) is 11.6. The van der Waals surface area contributed by atoms with Gasteiger partial charge in [0.05, 0.1) is 22.2 Å². The highest BCUT2D eigenvalue weighted by Gasteiger charge is 2.72. The van der Waals surface area contributed by atoms with Gasteiger partial charge in [-0.25, -0.2) is 4.39 Å². The molecule has 4 aromatic carbocycles. The zero-order valence-electron chi connectivity index (χ0n) is 39.5. The van der Waals surface area contributed by atoms with Crippen LogP contribution in [0.25, 0.3) is 0 Å². The first-order chi connectivity index (χ1) is 34.8. The number of benzene rings is 4. The predicted molar refractivity (Wildman–Crippen MR) is 268 cm³/mol. The van der Waals surface area contributed by atoms with Gasteiger partial charge in [-0.15, -0.1) is 0 Å². The smallest absolute Gasteiger partial charge is 0.264 e. The molecule has 72 heavy (non-hydrogen) atoms. The minimum absolute atomic E-state index is 0.0539. The van der Waals surface area contributed by atoms with Crippen LogP contribution in [0.3, 0.4) is 0 Å². The van der Waals surface area contributed by atoms with E-state index >= 15 is 4.39 Å². The zero-order chi connectivity index (χ0) is 50.6. The molecule has 4 atom stereocenters. The van der Waals surface area contributed by atoms with Gasteiger partial charge < -0.3 is 30.7 Å². The number of halogens is 3. The van der Waals surface area contributed by atoms with Crippen LogP contribution >= 0.6 is 23.2 Å². The summed E-state index contributed by atoms with van der Waals surface area (Å²) >= 11 is 12.8. The second kappa shape index (κ2) is 21.9. The van der Waals surface area contributed by atoms with Gasteiger partial charge >= 0.3 is 0 Å². The van der Waals surface area contributed by atoms with Crippen molar-refractivity contribution in [1.82, 2.24) is 20.9 Å². The average Bonchev–Trinajstić information content (AvgIpc) is 3.93. The van der Waals surface area contributed by atoms with E-state index in [1.165, 1.54) is 6.07 Å². The van der Waals surface area contributed by atoms with Gasteiger partial charge in [-0.05, 0) is 111 Å². The molecule has 2 spiro atoms. The summed E-state index contributed by atoms with van der Waals surface area (Å²) in [4.78, 5) is 93.5. The van der Waals surface area contributed by atoms with Gasteiger partial charge in [0.15, 0.2) is 0 Å². The number of amides is 7. The second-order valence-corrected chi connectivity index (χ2v) is 19.7. The number of hydrogen-bond donors (Lipinski definition) is 6. The number of unbranched alkanes of at least 4 members (excludes halogenated alkanes) is 1. The molecule has 16 nitrogen and oxygen atoms in total. The first-order valence-electron chi connectivity index (χ1n) is 24.6. The standard InChI is InChI=1S/C53H56Cl2FN7O9/c54-32-16-19-36-39(30-32)60-51(70)53(36)43(35-11-6-12-37(55)44(35)56)45(62-52(53)22-2-1-3-23-52)48(67)59-33-17-14-31(15-18-33)46(65)58-25-9-29-72-27-5-4-26-71-28-8-24-57-38-13-7-10-34-42(38)50(69)63(49(34)68)40-20-21-41(64)61-47(40)66/h6-7,10-19,30,40,43,45,57,62H,1-5,8-9,20-29H2,(H,58,65)(H,59,67)(H,60,70)(H,61,64,66)/t40?,43-,45+,53+/m0/s1. The lowest BCUT2D eigenvalue weighted by molar-refractivity contribution is -0.136. The lowest BCUT2D eigenvalue weighted by Gasteiger charge is -2.47. The minimum atomic E-state index is -1.36. The quantitative estimate of drug-likeness (QED) is 0.0407. The van der Waals surface area contributed by atoms with E-state index in [2.05, 4.69) is 31.9 Å². The highest BCUT2D eigenvalue weighted by atomic mass is 35.5. The zero-order valence-corrected chi connectivity index (χ0v) is 41.0. The Morgan fingerprint density at radius 2 is 1.50 bits per heavy atom. The fourth-order valence-electron chi connectivity index (χ4n) is 11.3. The molecule has 0 bridgehead atoms. The molecule has 0 radical (unpaired) electrons. The van der Waals surface area contributed by atoms with Gasteiger partial charge in [-0.3, -0.25) is 49.1 Å². The Morgan fingerprint density at radius 1 is 0.792 bits per heavy atom. The molecule has 5 aliphatic rings. The molecule has 19 heteroatoms. The van der Waals surface area contributed by atoms with Crippen molar-refractivity contribution in [3.8, 4) is 0 Å². The van der Waals surface area contributed by atoms with E-state index in [0.29, 0.717) is 98.4 Å². The van der Waals surface area contributed by atoms with Crippen molar-refractivity contribution in [2.75, 3.05) is 55.5 Å². The van der Waals surface area contributed by atoms with Gasteiger partial charge in [0.25, 0.3) is 17.7 Å². The van der Waals surface area contributed by atoms with Crippen LogP contribution in [0.4, 0.5) is 21.5 Å². The second-order valence-electron chi connectivity index (χ2n) is 18.9. The lowest BCUT2D eigenvalue weighted by Crippen LogP contribution is -2.60. The summed E-state index contributed by atoms with van der Waals surface area (Å²) in [6.45, 7) is 2.91. The molecule has 1 unspecified atom stereocenters. The Kier molecular flexibility index (Phi) is 15.4. The Morgan fingerprint density at radius 3 is 2.24 bits per heavy atom. The van der Waals surface area contributed by atoms with Crippen molar-refractivity contribution in [1.29, 1.82) is 0 Å². The van der Waals surface area contributed by atoms with Gasteiger partial charge in [0.2, 0.25) is 23.6 Å². The largest absolute Gasteiger partial charge is 0.384 e. The Bertz CT molecular complexity index is 2790. The minimum Gasteiger partial charge on any atom is -0.384 e. The summed E-state index contributed by atoms with van der Waals surface area (Å²) in [7, 11) is 0. The lowest BCUT2D eigenvalue weighted by atomic mass is 9.55. The number of carbonyl (C=O) groups excluding carboxylic acids is 7. The first-order valence-corrected chi connectivity index (χ1v) is 25.4. The maximum Gasteiger partial charge on any atom is 0.264 e. The molecule has 0 aromatic heterocycles. The van der Waals surface area contributed by atoms with E-state index in [4.69, 9.17) is 32.7 Å². The van der Waals surface area contributed by atoms with Crippen molar-refractivity contribution in [2.45, 2.75) is 99.6 Å². The van der Waals surface area contributed by atoms with E-state index in [-0.39, 0.29) is 46.4 Å². The predicted octanol–water partition coefficient (Wildman–Crippen LogP) is 7.26. The highest BCUT2D eigenvalue weighted by Crippen LogP contribution is 2.63. The number of nitrogens with zero attached hydrogens (tertiary/aromatic N) is 1. The summed E-state index contributed by atoms with van der Waals surface area (Å²) in [6, 6.07) is 19.3. The van der Waals surface area contributed by atoms with Crippen molar-refractivity contribution >= 4 is 81.6 Å². The molecule has 378 valence electrons. The summed E-state index contributed by atoms with van der Waals surface area (Å²) in [5, 5.41) is 18.3. The van der Waals surface area contributed by atoms with Crippen LogP contribution in [0, 0.1) is 5.82 Å². The van der Waals surface area contributed by atoms with Crippen LogP contribution in [-0.4, -0.2) is 103 Å². The Hall–Kier alpha value is -6.24. The molecule has 9 rings (SSSR count). The summed E-state index contributed by atoms with van der Waals surface area (Å²) < 4.78 is 27.8. The average molecular weight is 1020 g/mol. The fraction of sp³-hybridized carbons (Fsp3) is 0.415. The third-order valence-corrected chi connectivity index (χ3v) is 15.1. The van der Waals surface area contributed by atoms with Gasteiger partial charge in [-0.1, -0.05) is 66.7 Å². The van der Waals surface area contributed by atoms with E-state index in [0.717, 1.165) is 37.0 Å². The van der Waals surface area contributed by atoms with Crippen molar-refractivity contribution in [3.63, 3.8) is 0 Å². The summed E-state index contributed by atoms with van der Waals surface area (Å²) in [5.74, 6) is -4.91. The van der Waals surface area contributed by atoms with Crippen LogP contribution in [0.15, 0.2) is 78.9 Å². The molecular weight excluding hydrogens is 969 g/mol. The Labute approximate surface area is 425 Å². The molecule has 4 aromatic rings. The van der Waals surface area contributed by atoms with Crippen molar-refractivity contribution < 1.29 is 47.4 Å². The van der Waals surface area contributed by atoms with Crippen LogP contribution in [0.1, 0.15) is 119 Å². The van der Waals surface area contributed by atoms with Gasteiger partial charge in [0, 0.05) is 85.0 Å². The molecular formula is C53H56Cl2FN7O9. The normalized spacial score (nSPS) is 22.0. The Balaban J connectivity index is 0.691. The van der Waals surface area contributed by atoms with Crippen LogP contribution in [-0.2, 0) is 34.1 Å². The highest BCUT2D eigenvalue weighted by molar-refractivity contribution is 6.31. The number of ether oxygens (including phenoxy) is 2. The van der Waals surface area contributed by atoms with E-state index in [1.807, 2.05) is 6.07 Å². The molecule has 1 aliphatic carbocycles. The first kappa shape index (κ1) is 50.7. The van der Waals surface area contributed by atoms with Crippen LogP contribution < -0.4 is 31.9 Å². The molecule has 4 heterocycles. The number of imide groups is 2. The van der Waals surface area contributed by atoms with Crippen LogP contribution in [0.5, 0.6) is 0 Å². The molecule has 6 N–H and O–H groups in total. The third-order valence-electron chi connectivity index (χ3n) is 14.5. The summed E-state index contributed by atoms with van der Waals surface area (Å²) in [6.07, 6.45) is 6.76. The van der Waals surface area contributed by atoms with Crippen LogP contribution in [0.2, 0.25) is 10.0 Å². The number of nitrogens with one attached hydrogen (secondary N) is 6. The molecule has 7 amide bonds. The van der Waals surface area contributed by atoms with E-state index < -0.39 is 64.3 Å². The van der Waals surface area contributed by atoms with Gasteiger partial charge in [-0.2, -0.15) is 0 Å². The number of rotatable bonds is 19. The molecule has 4 aliphatic heterocycles. The number of fused-ring (bicyclic) bond motifs is 4. The maximum atomic E-state index is 16.2. The van der Waals surface area contributed by atoms with E-state index in [1.54, 1.807) is 66.7 Å². The van der Waals surface area contributed by atoms with Gasteiger partial charge in [0.1, 0.15) is 17.3 Å². The monoisotopic (exact) mass is 1020 g/mol. The van der Waals surface area contributed by atoms with Crippen molar-refractivity contribution in [2.24, 2.45) is 0 Å². The third kappa shape index (κ3) is 9.72. The molecule has 2 saturated heterocycles. The maximum absolute atomic E-state index is 16.2. The van der Waals surface area contributed by atoms with E-state index in [9.17, 15) is 33.6 Å². The summed E-state index contributed by atoms with van der Waals surface area (Å²) in [5.41, 5.74) is 0.886. The topological polar surface area (TPSA) is 213 Å². The number of hydrogen-bond acceptors (Lipinski definition) is 11. The molecule has 1 saturated carbocycles.